The summed E-state index contributed by atoms with van der Waals surface area (Å²) in [7, 11) is 0. The Morgan fingerprint density at radius 3 is 2.76 bits per heavy atom. The summed E-state index contributed by atoms with van der Waals surface area (Å²) >= 11 is 4.46. The van der Waals surface area contributed by atoms with Gasteiger partial charge in [0.25, 0.3) is 0 Å². The van der Waals surface area contributed by atoms with Gasteiger partial charge in [0.2, 0.25) is 0 Å². The number of rotatable bonds is 8. The van der Waals surface area contributed by atoms with Crippen molar-refractivity contribution in [2.75, 3.05) is 22.5 Å². The third-order valence-electron chi connectivity index (χ3n) is 5.80. The highest BCUT2D eigenvalue weighted by atomic mass is 32.2. The number of urea groups is 1. The molecule has 2 amide bonds. The van der Waals surface area contributed by atoms with Crippen molar-refractivity contribution in [3.63, 3.8) is 0 Å². The molecule has 1 aliphatic rings. The van der Waals surface area contributed by atoms with E-state index in [1.807, 2.05) is 30.0 Å². The van der Waals surface area contributed by atoms with Gasteiger partial charge in [-0.2, -0.15) is 0 Å². The van der Waals surface area contributed by atoms with E-state index >= 15 is 0 Å². The number of aryl methyl sites for hydroxylation is 1. The molecule has 0 aliphatic heterocycles. The molecular formula is C23H28N4O3S3. The van der Waals surface area contributed by atoms with Crippen LogP contribution in [0.25, 0.3) is 10.2 Å². The number of amides is 2. The van der Waals surface area contributed by atoms with Crippen LogP contribution in [0.15, 0.2) is 28.6 Å². The zero-order chi connectivity index (χ0) is 23.6. The average molecular weight is 505 g/mol. The standard InChI is InChI=1S/C23H28N4O3S3/c1-14-25-17-10-16(8-9-18(17)32-14)27(12-15-6-4-5-7-15)22(30)26-21-24-11-19(33-21)31-13-23(2,3)20(28)29/h8-11,15H,4-7,12-13H2,1-3H3,(H,28,29)(H,24,26,30). The Morgan fingerprint density at radius 2 is 2.03 bits per heavy atom. The minimum Gasteiger partial charge on any atom is -0.481 e. The third-order valence-corrected chi connectivity index (χ3v) is 9.32. The van der Waals surface area contributed by atoms with Gasteiger partial charge in [0.15, 0.2) is 5.13 Å². The van der Waals surface area contributed by atoms with Gasteiger partial charge in [-0.15, -0.1) is 23.1 Å². The molecule has 1 fully saturated rings. The molecular weight excluding hydrogens is 476 g/mol. The maximum atomic E-state index is 13.3. The van der Waals surface area contributed by atoms with Crippen LogP contribution in [-0.4, -0.2) is 39.4 Å². The molecule has 2 heterocycles. The minimum absolute atomic E-state index is 0.204. The molecule has 10 heteroatoms. The molecule has 1 saturated carbocycles. The highest BCUT2D eigenvalue weighted by Gasteiger charge is 2.28. The molecule has 2 N–H and O–H groups in total. The van der Waals surface area contributed by atoms with Gasteiger partial charge in [-0.05, 0) is 57.7 Å². The summed E-state index contributed by atoms with van der Waals surface area (Å²) in [6.45, 7) is 6.06. The molecule has 0 unspecified atom stereocenters. The van der Waals surface area contributed by atoms with Crippen molar-refractivity contribution < 1.29 is 14.7 Å². The highest BCUT2D eigenvalue weighted by molar-refractivity contribution is 8.01. The molecule has 0 radical (unpaired) electrons. The summed E-state index contributed by atoms with van der Waals surface area (Å²) < 4.78 is 1.99. The second-order valence-corrected chi connectivity index (χ2v) is 12.6. The van der Waals surface area contributed by atoms with Crippen LogP contribution in [0.1, 0.15) is 44.5 Å². The van der Waals surface area contributed by atoms with Gasteiger partial charge in [0, 0.05) is 18.0 Å². The number of aromatic nitrogens is 2. The number of carboxylic acids is 1. The number of thioether (sulfide) groups is 1. The number of hydrogen-bond donors (Lipinski definition) is 2. The maximum absolute atomic E-state index is 13.3. The molecule has 0 spiro atoms. The van der Waals surface area contributed by atoms with Crippen LogP contribution in [0.2, 0.25) is 0 Å². The van der Waals surface area contributed by atoms with Crippen molar-refractivity contribution in [1.82, 2.24) is 9.97 Å². The van der Waals surface area contributed by atoms with Gasteiger partial charge in [-0.25, -0.2) is 14.8 Å². The number of anilines is 2. The van der Waals surface area contributed by atoms with Crippen LogP contribution < -0.4 is 10.2 Å². The molecule has 4 rings (SSSR count). The van der Waals surface area contributed by atoms with Gasteiger partial charge >= 0.3 is 12.0 Å². The Bertz CT molecular complexity index is 1150. The lowest BCUT2D eigenvalue weighted by Gasteiger charge is -2.25. The number of benzene rings is 1. The number of nitrogens with one attached hydrogen (secondary N) is 1. The summed E-state index contributed by atoms with van der Waals surface area (Å²) in [5.41, 5.74) is 0.919. The van der Waals surface area contributed by atoms with Crippen molar-refractivity contribution in [1.29, 1.82) is 0 Å². The lowest BCUT2D eigenvalue weighted by molar-refractivity contribution is -0.145. The first kappa shape index (κ1) is 24.0. The Balaban J connectivity index is 1.49. The van der Waals surface area contributed by atoms with Crippen LogP contribution >= 0.6 is 34.4 Å². The molecule has 0 atom stereocenters. The van der Waals surface area contributed by atoms with E-state index < -0.39 is 11.4 Å². The molecule has 2 aromatic heterocycles. The van der Waals surface area contributed by atoms with Crippen LogP contribution in [0.3, 0.4) is 0 Å². The second kappa shape index (κ2) is 9.99. The SMILES string of the molecule is Cc1nc2cc(N(CC3CCCC3)C(=O)Nc3ncc(SCC(C)(C)C(=O)O)s3)ccc2s1. The number of hydrogen-bond acceptors (Lipinski definition) is 7. The van der Waals surface area contributed by atoms with E-state index in [1.165, 1.54) is 35.9 Å². The molecule has 7 nitrogen and oxygen atoms in total. The monoisotopic (exact) mass is 504 g/mol. The van der Waals surface area contributed by atoms with E-state index in [4.69, 9.17) is 0 Å². The topological polar surface area (TPSA) is 95.4 Å². The molecule has 33 heavy (non-hydrogen) atoms. The predicted molar refractivity (Wildman–Crippen MR) is 137 cm³/mol. The average Bonchev–Trinajstić information content (AvgIpc) is 3.50. The van der Waals surface area contributed by atoms with Crippen molar-refractivity contribution in [2.24, 2.45) is 11.3 Å². The number of nitrogens with zero attached hydrogens (tertiary/aromatic N) is 3. The molecule has 0 saturated heterocycles. The lowest BCUT2D eigenvalue weighted by atomic mass is 9.97. The van der Waals surface area contributed by atoms with Crippen LogP contribution in [-0.2, 0) is 4.79 Å². The van der Waals surface area contributed by atoms with Crippen molar-refractivity contribution in [3.8, 4) is 0 Å². The van der Waals surface area contributed by atoms with E-state index in [1.54, 1.807) is 31.4 Å². The largest absolute Gasteiger partial charge is 0.481 e. The van der Waals surface area contributed by atoms with Crippen LogP contribution in [0.5, 0.6) is 0 Å². The number of fused-ring (bicyclic) bond motifs is 1. The Morgan fingerprint density at radius 1 is 1.27 bits per heavy atom. The van der Waals surface area contributed by atoms with E-state index in [-0.39, 0.29) is 6.03 Å². The van der Waals surface area contributed by atoms with E-state index in [0.29, 0.717) is 23.3 Å². The van der Waals surface area contributed by atoms with Crippen molar-refractivity contribution in [2.45, 2.75) is 50.7 Å². The predicted octanol–water partition coefficient (Wildman–Crippen LogP) is 6.49. The third kappa shape index (κ3) is 5.85. The molecule has 1 aliphatic carbocycles. The van der Waals surface area contributed by atoms with E-state index in [0.717, 1.165) is 38.0 Å². The summed E-state index contributed by atoms with van der Waals surface area (Å²) in [5.74, 6) is 0.0888. The zero-order valence-corrected chi connectivity index (χ0v) is 21.4. The van der Waals surface area contributed by atoms with Crippen LogP contribution in [0.4, 0.5) is 15.6 Å². The fourth-order valence-electron chi connectivity index (χ4n) is 3.81. The normalized spacial score (nSPS) is 14.6. The fraction of sp³-hybridized carbons (Fsp3) is 0.478. The Kier molecular flexibility index (Phi) is 7.25. The number of carbonyl (C=O) groups excluding carboxylic acids is 1. The van der Waals surface area contributed by atoms with Gasteiger partial charge in [0.1, 0.15) is 0 Å². The lowest BCUT2D eigenvalue weighted by Crippen LogP contribution is -2.38. The number of aliphatic carboxylic acids is 1. The van der Waals surface area contributed by atoms with Crippen molar-refractivity contribution in [3.05, 3.63) is 29.4 Å². The second-order valence-electron chi connectivity index (χ2n) is 9.04. The first-order valence-electron chi connectivity index (χ1n) is 11.0. The smallest absolute Gasteiger partial charge is 0.328 e. The minimum atomic E-state index is -0.831. The summed E-state index contributed by atoms with van der Waals surface area (Å²) in [4.78, 5) is 35.4. The molecule has 1 aromatic carbocycles. The Labute approximate surface area is 205 Å². The zero-order valence-electron chi connectivity index (χ0n) is 19.0. The summed E-state index contributed by atoms with van der Waals surface area (Å²) in [6, 6.07) is 5.81. The molecule has 0 bridgehead atoms. The van der Waals surface area contributed by atoms with Crippen LogP contribution in [0, 0.1) is 18.3 Å². The number of carbonyl (C=O) groups is 2. The number of thiazole rings is 2. The number of carboxylic acid groups (broad SMARTS) is 1. The Hall–Kier alpha value is -2.17. The van der Waals surface area contributed by atoms with Gasteiger partial charge in [-0.1, -0.05) is 24.2 Å². The first-order chi connectivity index (χ1) is 15.7. The highest BCUT2D eigenvalue weighted by Crippen LogP contribution is 2.34. The van der Waals surface area contributed by atoms with E-state index in [2.05, 4.69) is 15.3 Å². The fourth-order valence-corrected chi connectivity index (χ4v) is 6.56. The summed E-state index contributed by atoms with van der Waals surface area (Å²) in [5, 5.41) is 13.8. The quantitative estimate of drug-likeness (QED) is 0.340. The maximum Gasteiger partial charge on any atom is 0.328 e. The summed E-state index contributed by atoms with van der Waals surface area (Å²) in [6.07, 6.45) is 6.39. The first-order valence-corrected chi connectivity index (χ1v) is 13.6. The van der Waals surface area contributed by atoms with Gasteiger partial charge in [0.05, 0.1) is 31.0 Å². The van der Waals surface area contributed by atoms with Gasteiger partial charge < -0.3 is 5.11 Å². The van der Waals surface area contributed by atoms with Gasteiger partial charge in [-0.3, -0.25) is 15.0 Å². The van der Waals surface area contributed by atoms with Crippen molar-refractivity contribution >= 4 is 67.5 Å². The molecule has 176 valence electrons. The van der Waals surface area contributed by atoms with E-state index in [9.17, 15) is 14.7 Å². The molecule has 3 aromatic rings.